The Bertz CT molecular complexity index is 668. The number of carbonyl (C=O) groups is 1. The Morgan fingerprint density at radius 1 is 1.15 bits per heavy atom. The van der Waals surface area contributed by atoms with E-state index in [1.54, 1.807) is 0 Å². The van der Waals surface area contributed by atoms with Crippen molar-refractivity contribution in [1.82, 2.24) is 15.1 Å². The van der Waals surface area contributed by atoms with Crippen molar-refractivity contribution < 1.29 is 9.18 Å². The lowest BCUT2D eigenvalue weighted by molar-refractivity contribution is -0.127. The van der Waals surface area contributed by atoms with Crippen molar-refractivity contribution in [2.45, 2.75) is 64.1 Å². The summed E-state index contributed by atoms with van der Waals surface area (Å²) in [6, 6.07) is 6.71. The monoisotopic (exact) mass is 373 g/mol. The summed E-state index contributed by atoms with van der Waals surface area (Å²) in [7, 11) is 0. The van der Waals surface area contributed by atoms with Crippen LogP contribution in [0.4, 0.5) is 4.39 Å². The van der Waals surface area contributed by atoms with E-state index >= 15 is 0 Å². The average molecular weight is 374 g/mol. The zero-order chi connectivity index (χ0) is 18.8. The highest BCUT2D eigenvalue weighted by Crippen LogP contribution is 2.26. The first-order valence-electron chi connectivity index (χ1n) is 10.6. The summed E-state index contributed by atoms with van der Waals surface area (Å²) < 4.78 is 14.3. The van der Waals surface area contributed by atoms with Crippen LogP contribution in [0.1, 0.15) is 49.7 Å². The van der Waals surface area contributed by atoms with E-state index in [-0.39, 0.29) is 17.6 Å². The van der Waals surface area contributed by atoms with Crippen molar-refractivity contribution in [2.24, 2.45) is 5.92 Å². The number of hydrogen-bond donors (Lipinski definition) is 1. The Hall–Kier alpha value is -1.46. The van der Waals surface area contributed by atoms with E-state index in [0.717, 1.165) is 75.8 Å². The Labute approximate surface area is 162 Å². The molecular formula is C22H32FN3O. The zero-order valence-corrected chi connectivity index (χ0v) is 16.4. The van der Waals surface area contributed by atoms with Crippen LogP contribution >= 0.6 is 0 Å². The molecule has 0 spiro atoms. The number of amides is 1. The van der Waals surface area contributed by atoms with Crippen LogP contribution in [0, 0.1) is 18.7 Å². The molecule has 1 aromatic carbocycles. The van der Waals surface area contributed by atoms with E-state index < -0.39 is 0 Å². The molecule has 1 unspecified atom stereocenters. The lowest BCUT2D eigenvalue weighted by Crippen LogP contribution is -2.50. The van der Waals surface area contributed by atoms with Gasteiger partial charge in [-0.3, -0.25) is 14.6 Å². The number of likely N-dealkylation sites (tertiary alicyclic amines) is 2. The van der Waals surface area contributed by atoms with Crippen LogP contribution in [0.15, 0.2) is 18.2 Å². The van der Waals surface area contributed by atoms with Crippen molar-refractivity contribution in [3.63, 3.8) is 0 Å². The molecule has 4 nitrogen and oxygen atoms in total. The summed E-state index contributed by atoms with van der Waals surface area (Å²) in [6.45, 7) is 6.57. The third-order valence-corrected chi connectivity index (χ3v) is 6.49. The molecule has 3 aliphatic rings. The highest BCUT2D eigenvalue weighted by Gasteiger charge is 2.33. The Morgan fingerprint density at radius 2 is 1.93 bits per heavy atom. The van der Waals surface area contributed by atoms with Gasteiger partial charge < -0.3 is 5.32 Å². The van der Waals surface area contributed by atoms with E-state index in [9.17, 15) is 9.18 Å². The number of nitrogens with one attached hydrogen (secondary N) is 1. The number of rotatable bonds is 5. The minimum Gasteiger partial charge on any atom is -0.353 e. The smallest absolute Gasteiger partial charge is 0.224 e. The van der Waals surface area contributed by atoms with Crippen molar-refractivity contribution >= 4 is 5.91 Å². The molecule has 1 aliphatic carbocycles. The fourth-order valence-corrected chi connectivity index (χ4v) is 4.61. The average Bonchev–Trinajstić information content (AvgIpc) is 3.50. The van der Waals surface area contributed by atoms with Gasteiger partial charge in [0, 0.05) is 30.7 Å². The Kier molecular flexibility index (Phi) is 5.79. The van der Waals surface area contributed by atoms with Gasteiger partial charge in [-0.05, 0) is 70.6 Å². The van der Waals surface area contributed by atoms with E-state index in [2.05, 4.69) is 15.1 Å². The molecule has 27 heavy (non-hydrogen) atoms. The van der Waals surface area contributed by atoms with Crippen LogP contribution in [0.25, 0.3) is 0 Å². The van der Waals surface area contributed by atoms with Crippen molar-refractivity contribution in [3.8, 4) is 0 Å². The first-order chi connectivity index (χ1) is 13.1. The molecule has 2 aliphatic heterocycles. The molecular weight excluding hydrogens is 341 g/mol. The van der Waals surface area contributed by atoms with Gasteiger partial charge in [0.2, 0.25) is 5.91 Å². The SMILES string of the molecule is Cc1cccc(CN2CCC(N3CCCC(C(=O)NC4CC4)C3)CC2)c1F. The van der Waals surface area contributed by atoms with Gasteiger partial charge in [0.1, 0.15) is 5.82 Å². The summed E-state index contributed by atoms with van der Waals surface area (Å²) >= 11 is 0. The van der Waals surface area contributed by atoms with Gasteiger partial charge in [0.25, 0.3) is 0 Å². The predicted octanol–water partition coefficient (Wildman–Crippen LogP) is 3.09. The lowest BCUT2D eigenvalue weighted by Gasteiger charge is -2.42. The van der Waals surface area contributed by atoms with E-state index in [4.69, 9.17) is 0 Å². The summed E-state index contributed by atoms with van der Waals surface area (Å²) in [5.74, 6) is 0.383. The molecule has 2 saturated heterocycles. The molecule has 1 atom stereocenters. The normalized spacial score (nSPS) is 25.5. The second-order valence-electron chi connectivity index (χ2n) is 8.67. The maximum atomic E-state index is 14.3. The number of piperidine rings is 2. The largest absolute Gasteiger partial charge is 0.353 e. The van der Waals surface area contributed by atoms with Gasteiger partial charge in [-0.1, -0.05) is 18.2 Å². The number of benzene rings is 1. The van der Waals surface area contributed by atoms with Gasteiger partial charge in [0.05, 0.1) is 5.92 Å². The molecule has 1 saturated carbocycles. The number of carbonyl (C=O) groups excluding carboxylic acids is 1. The van der Waals surface area contributed by atoms with Crippen LogP contribution < -0.4 is 5.32 Å². The Morgan fingerprint density at radius 3 is 2.67 bits per heavy atom. The number of halogens is 1. The molecule has 5 heteroatoms. The van der Waals surface area contributed by atoms with Crippen molar-refractivity contribution in [2.75, 3.05) is 26.2 Å². The summed E-state index contributed by atoms with van der Waals surface area (Å²) in [5, 5.41) is 3.18. The van der Waals surface area contributed by atoms with Gasteiger partial charge in [-0.25, -0.2) is 4.39 Å². The maximum Gasteiger partial charge on any atom is 0.224 e. The standard InChI is InChI=1S/C22H32FN3O/c1-16-4-2-5-17(21(16)23)14-25-12-9-20(10-13-25)26-11-3-6-18(15-26)22(27)24-19-7-8-19/h2,4-5,18-20H,3,6-15H2,1H3,(H,24,27). The minimum atomic E-state index is -0.0554. The third kappa shape index (κ3) is 4.69. The highest BCUT2D eigenvalue weighted by atomic mass is 19.1. The van der Waals surface area contributed by atoms with Gasteiger partial charge in [-0.15, -0.1) is 0 Å². The molecule has 1 amide bonds. The molecule has 0 bridgehead atoms. The highest BCUT2D eigenvalue weighted by molar-refractivity contribution is 5.79. The van der Waals surface area contributed by atoms with Crippen LogP contribution in [0.5, 0.6) is 0 Å². The first kappa shape index (κ1) is 18.9. The van der Waals surface area contributed by atoms with Crippen LogP contribution in [0.3, 0.4) is 0 Å². The van der Waals surface area contributed by atoms with Gasteiger partial charge in [0.15, 0.2) is 0 Å². The van der Waals surface area contributed by atoms with Crippen LogP contribution in [-0.4, -0.2) is 54.0 Å². The maximum absolute atomic E-state index is 14.3. The Balaban J connectivity index is 1.27. The van der Waals surface area contributed by atoms with Crippen LogP contribution in [-0.2, 0) is 11.3 Å². The molecule has 2 heterocycles. The second-order valence-corrected chi connectivity index (χ2v) is 8.67. The van der Waals surface area contributed by atoms with Crippen LogP contribution in [0.2, 0.25) is 0 Å². The topological polar surface area (TPSA) is 35.6 Å². The minimum absolute atomic E-state index is 0.0554. The molecule has 148 valence electrons. The number of hydrogen-bond acceptors (Lipinski definition) is 3. The van der Waals surface area contributed by atoms with Crippen molar-refractivity contribution in [3.05, 3.63) is 35.1 Å². The molecule has 4 rings (SSSR count). The molecule has 0 aromatic heterocycles. The number of aryl methyl sites for hydroxylation is 1. The predicted molar refractivity (Wildman–Crippen MR) is 105 cm³/mol. The number of nitrogens with zero attached hydrogens (tertiary/aromatic N) is 2. The fourth-order valence-electron chi connectivity index (χ4n) is 4.61. The molecule has 0 radical (unpaired) electrons. The first-order valence-corrected chi connectivity index (χ1v) is 10.6. The summed E-state index contributed by atoms with van der Waals surface area (Å²) in [4.78, 5) is 17.3. The van der Waals surface area contributed by atoms with E-state index in [1.807, 2.05) is 25.1 Å². The van der Waals surface area contributed by atoms with E-state index in [0.29, 0.717) is 18.6 Å². The molecule has 1 N–H and O–H groups in total. The third-order valence-electron chi connectivity index (χ3n) is 6.49. The lowest BCUT2D eigenvalue weighted by atomic mass is 9.93. The summed E-state index contributed by atoms with van der Waals surface area (Å²) in [5.41, 5.74) is 1.54. The van der Waals surface area contributed by atoms with Crippen molar-refractivity contribution in [1.29, 1.82) is 0 Å². The summed E-state index contributed by atoms with van der Waals surface area (Å²) in [6.07, 6.45) is 6.69. The second kappa shape index (κ2) is 8.27. The van der Waals surface area contributed by atoms with Gasteiger partial charge in [-0.2, -0.15) is 0 Å². The fraction of sp³-hybridized carbons (Fsp3) is 0.682. The molecule has 3 fully saturated rings. The quantitative estimate of drug-likeness (QED) is 0.862. The van der Waals surface area contributed by atoms with E-state index in [1.165, 1.54) is 0 Å². The van der Waals surface area contributed by atoms with Gasteiger partial charge >= 0.3 is 0 Å². The zero-order valence-electron chi connectivity index (χ0n) is 16.4. The molecule has 1 aromatic rings.